The van der Waals surface area contributed by atoms with Crippen molar-refractivity contribution in [3.8, 4) is 0 Å². The summed E-state index contributed by atoms with van der Waals surface area (Å²) < 4.78 is 15.3. The average Bonchev–Trinajstić information content (AvgIpc) is 2.85. The van der Waals surface area contributed by atoms with E-state index in [-0.39, 0.29) is 5.82 Å². The zero-order chi connectivity index (χ0) is 15.0. The number of nitrogens with one attached hydrogen (secondary N) is 1. The molecule has 3 rings (SSSR count). The third-order valence-electron chi connectivity index (χ3n) is 3.49. The van der Waals surface area contributed by atoms with Gasteiger partial charge in [-0.05, 0) is 30.5 Å². The molecule has 0 fully saturated rings. The molecule has 0 spiro atoms. The molecule has 1 aromatic carbocycles. The fourth-order valence-corrected chi connectivity index (χ4v) is 2.43. The number of benzene rings is 1. The van der Waals surface area contributed by atoms with Crippen LogP contribution in [-0.2, 0) is 13.6 Å². The highest BCUT2D eigenvalue weighted by molar-refractivity contribution is 5.85. The van der Waals surface area contributed by atoms with E-state index in [2.05, 4.69) is 20.4 Å². The molecule has 0 atom stereocenters. The summed E-state index contributed by atoms with van der Waals surface area (Å²) in [6, 6.07) is 3.69. The molecule has 21 heavy (non-hydrogen) atoms. The Morgan fingerprint density at radius 1 is 1.19 bits per heavy atom. The van der Waals surface area contributed by atoms with E-state index in [0.29, 0.717) is 17.7 Å². The lowest BCUT2D eigenvalue weighted by atomic mass is 10.1. The molecule has 0 aliphatic heterocycles. The number of aromatic nitrogens is 4. The molecular formula is C15H16FN5. The maximum Gasteiger partial charge on any atom is 0.163 e. The zero-order valence-corrected chi connectivity index (χ0v) is 12.2. The lowest BCUT2D eigenvalue weighted by Crippen LogP contribution is -2.04. The Kier molecular flexibility index (Phi) is 3.29. The van der Waals surface area contributed by atoms with Crippen molar-refractivity contribution < 1.29 is 4.39 Å². The molecule has 6 heteroatoms. The van der Waals surface area contributed by atoms with Gasteiger partial charge in [0.15, 0.2) is 5.65 Å². The van der Waals surface area contributed by atoms with Crippen LogP contribution in [0.3, 0.4) is 0 Å². The molecule has 0 saturated carbocycles. The monoisotopic (exact) mass is 285 g/mol. The maximum absolute atomic E-state index is 13.6. The number of aryl methyl sites for hydroxylation is 3. The van der Waals surface area contributed by atoms with E-state index in [9.17, 15) is 4.39 Å². The molecule has 0 bridgehead atoms. The van der Waals surface area contributed by atoms with E-state index in [1.165, 1.54) is 6.33 Å². The molecule has 1 N–H and O–H groups in total. The molecule has 0 amide bonds. The summed E-state index contributed by atoms with van der Waals surface area (Å²) in [7, 11) is 1.84. The largest absolute Gasteiger partial charge is 0.365 e. The lowest BCUT2D eigenvalue weighted by molar-refractivity contribution is 0.608. The van der Waals surface area contributed by atoms with Gasteiger partial charge in [0.25, 0.3) is 0 Å². The van der Waals surface area contributed by atoms with Gasteiger partial charge in [-0.25, -0.2) is 14.4 Å². The summed E-state index contributed by atoms with van der Waals surface area (Å²) in [4.78, 5) is 8.44. The van der Waals surface area contributed by atoms with Gasteiger partial charge in [0.05, 0.1) is 11.6 Å². The molecule has 5 nitrogen and oxygen atoms in total. The summed E-state index contributed by atoms with van der Waals surface area (Å²) in [6.07, 6.45) is 3.24. The van der Waals surface area contributed by atoms with Crippen LogP contribution in [0.4, 0.5) is 10.2 Å². The van der Waals surface area contributed by atoms with Crippen LogP contribution in [0, 0.1) is 19.7 Å². The van der Waals surface area contributed by atoms with E-state index in [1.807, 2.05) is 19.2 Å². The highest BCUT2D eigenvalue weighted by Gasteiger charge is 2.08. The zero-order valence-electron chi connectivity index (χ0n) is 12.2. The quantitative estimate of drug-likeness (QED) is 0.804. The minimum absolute atomic E-state index is 0.143. The third kappa shape index (κ3) is 2.44. The SMILES string of the molecule is Cc1cc(CNc2ncnc3c2cnn3C)cc(C)c1F. The maximum atomic E-state index is 13.6. The van der Waals surface area contributed by atoms with Crippen LogP contribution < -0.4 is 5.32 Å². The first-order valence-corrected chi connectivity index (χ1v) is 6.68. The molecule has 0 aliphatic rings. The molecule has 0 radical (unpaired) electrons. The number of halogens is 1. The van der Waals surface area contributed by atoms with E-state index >= 15 is 0 Å². The van der Waals surface area contributed by atoms with Crippen molar-refractivity contribution in [1.29, 1.82) is 0 Å². The minimum Gasteiger partial charge on any atom is -0.365 e. The van der Waals surface area contributed by atoms with Crippen LogP contribution in [0.15, 0.2) is 24.7 Å². The van der Waals surface area contributed by atoms with Gasteiger partial charge in [-0.2, -0.15) is 5.10 Å². The normalized spacial score (nSPS) is 11.0. The van der Waals surface area contributed by atoms with Gasteiger partial charge in [0, 0.05) is 13.6 Å². The minimum atomic E-state index is -0.143. The van der Waals surface area contributed by atoms with Gasteiger partial charge in [-0.15, -0.1) is 0 Å². The molecule has 108 valence electrons. The van der Waals surface area contributed by atoms with Crippen LogP contribution in [0.5, 0.6) is 0 Å². The Balaban J connectivity index is 1.87. The standard InChI is InChI=1S/C15H16FN5/c1-9-4-11(5-10(2)13(9)16)6-17-14-12-7-20-21(3)15(12)19-8-18-14/h4-5,7-8H,6H2,1-3H3,(H,17,18,19). The second kappa shape index (κ2) is 5.12. The van der Waals surface area contributed by atoms with Crippen molar-refractivity contribution in [2.75, 3.05) is 5.32 Å². The number of hydrogen-bond acceptors (Lipinski definition) is 4. The van der Waals surface area contributed by atoms with E-state index in [1.54, 1.807) is 24.7 Å². The number of anilines is 1. The van der Waals surface area contributed by atoms with E-state index < -0.39 is 0 Å². The van der Waals surface area contributed by atoms with Crippen molar-refractivity contribution in [2.24, 2.45) is 7.05 Å². The summed E-state index contributed by atoms with van der Waals surface area (Å²) in [5.41, 5.74) is 3.10. The van der Waals surface area contributed by atoms with E-state index in [4.69, 9.17) is 0 Å². The Morgan fingerprint density at radius 3 is 2.62 bits per heavy atom. The van der Waals surface area contributed by atoms with Crippen molar-refractivity contribution in [3.05, 3.63) is 47.2 Å². The molecule has 3 aromatic rings. The van der Waals surface area contributed by atoms with Gasteiger partial charge >= 0.3 is 0 Å². The molecular weight excluding hydrogens is 269 g/mol. The molecule has 0 aliphatic carbocycles. The Hall–Kier alpha value is -2.50. The molecule has 0 saturated heterocycles. The highest BCUT2D eigenvalue weighted by atomic mass is 19.1. The van der Waals surface area contributed by atoms with Gasteiger partial charge in [0.2, 0.25) is 0 Å². The van der Waals surface area contributed by atoms with Gasteiger partial charge in [0.1, 0.15) is 18.0 Å². The first-order valence-electron chi connectivity index (χ1n) is 6.68. The predicted molar refractivity (Wildman–Crippen MR) is 79.5 cm³/mol. The number of rotatable bonds is 3. The summed E-state index contributed by atoms with van der Waals surface area (Å²) in [5.74, 6) is 0.586. The topological polar surface area (TPSA) is 55.6 Å². The van der Waals surface area contributed by atoms with Crippen LogP contribution in [0.2, 0.25) is 0 Å². The molecule has 0 unspecified atom stereocenters. The van der Waals surface area contributed by atoms with Crippen LogP contribution >= 0.6 is 0 Å². The highest BCUT2D eigenvalue weighted by Crippen LogP contribution is 2.20. The number of hydrogen-bond donors (Lipinski definition) is 1. The Labute approximate surface area is 121 Å². The fraction of sp³-hybridized carbons (Fsp3) is 0.267. The van der Waals surface area contributed by atoms with Gasteiger partial charge < -0.3 is 5.32 Å². The Bertz CT molecular complexity index is 786. The molecule has 2 aromatic heterocycles. The molecule has 2 heterocycles. The van der Waals surface area contributed by atoms with Crippen molar-refractivity contribution >= 4 is 16.9 Å². The van der Waals surface area contributed by atoms with Crippen LogP contribution in [0.25, 0.3) is 11.0 Å². The fourth-order valence-electron chi connectivity index (χ4n) is 2.43. The van der Waals surface area contributed by atoms with Crippen LogP contribution in [-0.4, -0.2) is 19.7 Å². The van der Waals surface area contributed by atoms with Gasteiger partial charge in [-0.1, -0.05) is 12.1 Å². The smallest absolute Gasteiger partial charge is 0.163 e. The number of fused-ring (bicyclic) bond motifs is 1. The third-order valence-corrected chi connectivity index (χ3v) is 3.49. The lowest BCUT2D eigenvalue weighted by Gasteiger charge is -2.09. The van der Waals surface area contributed by atoms with Crippen molar-refractivity contribution in [2.45, 2.75) is 20.4 Å². The first-order chi connectivity index (χ1) is 10.1. The van der Waals surface area contributed by atoms with Crippen LogP contribution in [0.1, 0.15) is 16.7 Å². The second-order valence-electron chi connectivity index (χ2n) is 5.12. The second-order valence-corrected chi connectivity index (χ2v) is 5.12. The summed E-state index contributed by atoms with van der Waals surface area (Å²) >= 11 is 0. The summed E-state index contributed by atoms with van der Waals surface area (Å²) in [6.45, 7) is 4.12. The number of nitrogens with zero attached hydrogens (tertiary/aromatic N) is 4. The summed E-state index contributed by atoms with van der Waals surface area (Å²) in [5, 5.41) is 8.31. The van der Waals surface area contributed by atoms with Gasteiger partial charge in [-0.3, -0.25) is 4.68 Å². The van der Waals surface area contributed by atoms with E-state index in [0.717, 1.165) is 22.4 Å². The first kappa shape index (κ1) is 13.5. The van der Waals surface area contributed by atoms with Crippen molar-refractivity contribution in [1.82, 2.24) is 19.7 Å². The Morgan fingerprint density at radius 2 is 1.90 bits per heavy atom. The average molecular weight is 285 g/mol. The van der Waals surface area contributed by atoms with Crippen molar-refractivity contribution in [3.63, 3.8) is 0 Å². The predicted octanol–water partition coefficient (Wildman–Crippen LogP) is 2.73.